The smallest absolute Gasteiger partial charge is 0.321 e. The molecule has 1 aromatic heterocycles. The van der Waals surface area contributed by atoms with E-state index in [1.54, 1.807) is 41.4 Å². The van der Waals surface area contributed by atoms with Crippen LogP contribution in [-0.2, 0) is 16.6 Å². The summed E-state index contributed by atoms with van der Waals surface area (Å²) >= 11 is 0. The third kappa shape index (κ3) is 4.45. The van der Waals surface area contributed by atoms with E-state index in [-0.39, 0.29) is 11.4 Å². The van der Waals surface area contributed by atoms with Crippen LogP contribution in [0.4, 0.5) is 4.79 Å². The molecular weight excluding hydrogens is 364 g/mol. The first-order chi connectivity index (χ1) is 12.9. The van der Waals surface area contributed by atoms with Gasteiger partial charge in [0.05, 0.1) is 17.1 Å². The van der Waals surface area contributed by atoms with Crippen molar-refractivity contribution in [2.75, 3.05) is 33.2 Å². The molecule has 0 N–H and O–H groups in total. The number of pyridine rings is 1. The summed E-state index contributed by atoms with van der Waals surface area (Å²) in [5, 5.41) is 0. The topological polar surface area (TPSA) is 73.8 Å². The van der Waals surface area contributed by atoms with Crippen molar-refractivity contribution < 1.29 is 13.2 Å². The maximum absolute atomic E-state index is 13.2. The molecule has 1 aromatic carbocycles. The molecule has 0 atom stereocenters. The van der Waals surface area contributed by atoms with E-state index < -0.39 is 16.1 Å². The second-order valence-corrected chi connectivity index (χ2v) is 8.58. The van der Waals surface area contributed by atoms with Gasteiger partial charge in [0.15, 0.2) is 0 Å². The van der Waals surface area contributed by atoms with Crippen molar-refractivity contribution in [2.24, 2.45) is 0 Å². The van der Waals surface area contributed by atoms with E-state index in [0.29, 0.717) is 31.9 Å². The normalized spacial score (nSPS) is 15.6. The molecule has 2 heterocycles. The van der Waals surface area contributed by atoms with Gasteiger partial charge in [-0.3, -0.25) is 4.98 Å². The Kier molecular flexibility index (Phi) is 5.76. The van der Waals surface area contributed by atoms with Crippen molar-refractivity contribution in [3.63, 3.8) is 0 Å². The molecule has 7 nitrogen and oxygen atoms in total. The van der Waals surface area contributed by atoms with E-state index >= 15 is 0 Å². The minimum Gasteiger partial charge on any atom is -0.321 e. The van der Waals surface area contributed by atoms with Crippen LogP contribution in [0.25, 0.3) is 0 Å². The second-order valence-electron chi connectivity index (χ2n) is 6.72. The Labute approximate surface area is 160 Å². The fourth-order valence-electron chi connectivity index (χ4n) is 2.89. The van der Waals surface area contributed by atoms with Crippen LogP contribution in [0.5, 0.6) is 0 Å². The van der Waals surface area contributed by atoms with Gasteiger partial charge in [-0.2, -0.15) is 0 Å². The van der Waals surface area contributed by atoms with Crippen molar-refractivity contribution in [1.82, 2.24) is 19.1 Å². The lowest BCUT2D eigenvalue weighted by Gasteiger charge is -2.35. The summed E-state index contributed by atoms with van der Waals surface area (Å²) in [6, 6.07) is 11.3. The Morgan fingerprint density at radius 1 is 1.07 bits per heavy atom. The summed E-state index contributed by atoms with van der Waals surface area (Å²) in [5.41, 5.74) is 1.48. The van der Waals surface area contributed by atoms with Gasteiger partial charge in [0.25, 0.3) is 10.0 Å². The quantitative estimate of drug-likeness (QED) is 0.800. The predicted octanol–water partition coefficient (Wildman–Crippen LogP) is 1.95. The predicted molar refractivity (Wildman–Crippen MR) is 103 cm³/mol. The molecule has 2 aromatic rings. The van der Waals surface area contributed by atoms with Crippen LogP contribution in [0.3, 0.4) is 0 Å². The molecule has 1 aliphatic heterocycles. The van der Waals surface area contributed by atoms with Crippen LogP contribution in [0.1, 0.15) is 11.3 Å². The molecule has 8 heteroatoms. The molecule has 1 aliphatic rings. The first-order valence-electron chi connectivity index (χ1n) is 8.85. The van der Waals surface area contributed by atoms with Crippen LogP contribution in [-0.4, -0.2) is 66.8 Å². The fraction of sp³-hybridized carbons (Fsp3) is 0.368. The number of rotatable bonds is 4. The number of hydrogen-bond donors (Lipinski definition) is 0. The molecule has 0 aliphatic carbocycles. The lowest BCUT2D eigenvalue weighted by molar-refractivity contribution is 0.139. The highest BCUT2D eigenvalue weighted by molar-refractivity contribution is 7.89. The van der Waals surface area contributed by atoms with Gasteiger partial charge < -0.3 is 9.80 Å². The number of carbonyl (C=O) groups excluding carboxylic acids is 1. The Morgan fingerprint density at radius 2 is 1.74 bits per heavy atom. The SMILES string of the molecule is Cc1ccc(S(=O)(=O)N(Cc2ccccn2)C(=O)N2CCN(C)CC2)cc1. The molecule has 144 valence electrons. The average molecular weight is 388 g/mol. The zero-order chi connectivity index (χ0) is 19.4. The Bertz CT molecular complexity index is 877. The number of sulfonamides is 1. The standard InChI is InChI=1S/C19H24N4O3S/c1-16-6-8-18(9-7-16)27(25,26)23(15-17-5-3-4-10-20-17)19(24)22-13-11-21(2)12-14-22/h3-10H,11-15H2,1-2H3. The maximum Gasteiger partial charge on any atom is 0.334 e. The summed E-state index contributed by atoms with van der Waals surface area (Å²) in [6.45, 7) is 4.22. The Hall–Kier alpha value is -2.45. The largest absolute Gasteiger partial charge is 0.334 e. The lowest BCUT2D eigenvalue weighted by Crippen LogP contribution is -2.53. The minimum absolute atomic E-state index is 0.0950. The zero-order valence-electron chi connectivity index (χ0n) is 15.6. The van der Waals surface area contributed by atoms with Gasteiger partial charge in [0.2, 0.25) is 0 Å². The van der Waals surface area contributed by atoms with Gasteiger partial charge in [-0.25, -0.2) is 17.5 Å². The highest BCUT2D eigenvalue weighted by Crippen LogP contribution is 2.21. The van der Waals surface area contributed by atoms with Crippen LogP contribution in [0.2, 0.25) is 0 Å². The van der Waals surface area contributed by atoms with E-state index in [2.05, 4.69) is 9.88 Å². The van der Waals surface area contributed by atoms with Gasteiger partial charge in [0, 0.05) is 32.4 Å². The van der Waals surface area contributed by atoms with Crippen molar-refractivity contribution in [1.29, 1.82) is 0 Å². The number of benzene rings is 1. The third-order valence-corrected chi connectivity index (χ3v) is 6.36. The van der Waals surface area contributed by atoms with Crippen molar-refractivity contribution in [3.8, 4) is 0 Å². The third-order valence-electron chi connectivity index (χ3n) is 4.63. The highest BCUT2D eigenvalue weighted by atomic mass is 32.2. The molecule has 0 spiro atoms. The average Bonchev–Trinajstić information content (AvgIpc) is 2.67. The maximum atomic E-state index is 13.2. The molecule has 3 rings (SSSR count). The molecule has 2 amide bonds. The minimum atomic E-state index is -3.99. The monoisotopic (exact) mass is 388 g/mol. The highest BCUT2D eigenvalue weighted by Gasteiger charge is 2.34. The molecule has 0 radical (unpaired) electrons. The van der Waals surface area contributed by atoms with Gasteiger partial charge in [0.1, 0.15) is 0 Å². The van der Waals surface area contributed by atoms with Crippen LogP contribution < -0.4 is 0 Å². The second kappa shape index (κ2) is 8.06. The Morgan fingerprint density at radius 3 is 2.33 bits per heavy atom. The summed E-state index contributed by atoms with van der Waals surface area (Å²) in [7, 11) is -2.01. The molecule has 27 heavy (non-hydrogen) atoms. The molecule has 1 saturated heterocycles. The lowest BCUT2D eigenvalue weighted by atomic mass is 10.2. The first kappa shape index (κ1) is 19.3. The first-order valence-corrected chi connectivity index (χ1v) is 10.3. The summed E-state index contributed by atoms with van der Waals surface area (Å²) in [4.78, 5) is 21.1. The zero-order valence-corrected chi connectivity index (χ0v) is 16.4. The van der Waals surface area contributed by atoms with Crippen LogP contribution in [0.15, 0.2) is 53.6 Å². The van der Waals surface area contributed by atoms with E-state index in [4.69, 9.17) is 0 Å². The summed E-state index contributed by atoms with van der Waals surface area (Å²) < 4.78 is 27.4. The van der Waals surface area contributed by atoms with Crippen molar-refractivity contribution in [2.45, 2.75) is 18.4 Å². The van der Waals surface area contributed by atoms with E-state index in [0.717, 1.165) is 9.87 Å². The number of aryl methyl sites for hydroxylation is 1. The van der Waals surface area contributed by atoms with Crippen LogP contribution in [0, 0.1) is 6.92 Å². The van der Waals surface area contributed by atoms with Gasteiger partial charge in [-0.1, -0.05) is 23.8 Å². The fourth-order valence-corrected chi connectivity index (χ4v) is 4.24. The van der Waals surface area contributed by atoms with E-state index in [1.807, 2.05) is 14.0 Å². The molecule has 1 fully saturated rings. The number of urea groups is 1. The van der Waals surface area contributed by atoms with E-state index in [1.165, 1.54) is 12.1 Å². The number of piperazine rings is 1. The van der Waals surface area contributed by atoms with Gasteiger partial charge >= 0.3 is 6.03 Å². The Balaban J connectivity index is 1.93. The summed E-state index contributed by atoms with van der Waals surface area (Å²) in [6.07, 6.45) is 1.59. The van der Waals surface area contributed by atoms with E-state index in [9.17, 15) is 13.2 Å². The molecule has 0 saturated carbocycles. The number of carbonyl (C=O) groups is 1. The number of nitrogens with zero attached hydrogens (tertiary/aromatic N) is 4. The molecular formula is C19H24N4O3S. The van der Waals surface area contributed by atoms with Crippen LogP contribution >= 0.6 is 0 Å². The number of hydrogen-bond acceptors (Lipinski definition) is 5. The summed E-state index contributed by atoms with van der Waals surface area (Å²) in [5.74, 6) is 0. The molecule has 0 unspecified atom stereocenters. The van der Waals surface area contributed by atoms with Crippen molar-refractivity contribution in [3.05, 3.63) is 59.9 Å². The van der Waals surface area contributed by atoms with Crippen molar-refractivity contribution >= 4 is 16.1 Å². The number of aromatic nitrogens is 1. The number of amides is 2. The van der Waals surface area contributed by atoms with Gasteiger partial charge in [-0.05, 0) is 38.2 Å². The number of likely N-dealkylation sites (N-methyl/N-ethyl adjacent to an activating group) is 1. The molecule has 0 bridgehead atoms. The van der Waals surface area contributed by atoms with Gasteiger partial charge in [-0.15, -0.1) is 0 Å².